The molecule has 0 unspecified atom stereocenters. The number of esters is 1. The number of benzene rings is 2. The van der Waals surface area contributed by atoms with Gasteiger partial charge in [0.15, 0.2) is 0 Å². The Bertz CT molecular complexity index is 979. The van der Waals surface area contributed by atoms with Gasteiger partial charge in [0.1, 0.15) is 5.69 Å². The van der Waals surface area contributed by atoms with Crippen molar-refractivity contribution in [3.63, 3.8) is 0 Å². The number of halogens is 1. The normalized spacial score (nSPS) is 10.4. The fraction of sp³-hybridized carbons (Fsp3) is 0.100. The monoisotopic (exact) mass is 398 g/mol. The van der Waals surface area contributed by atoms with Gasteiger partial charge in [0.05, 0.1) is 24.6 Å². The number of hydrazone groups is 1. The molecule has 0 atom stereocenters. The lowest BCUT2D eigenvalue weighted by Gasteiger charge is -1.99. The van der Waals surface area contributed by atoms with Crippen molar-refractivity contribution in [1.82, 2.24) is 15.6 Å². The molecule has 0 aliphatic rings. The molecule has 1 heterocycles. The van der Waals surface area contributed by atoms with Gasteiger partial charge >= 0.3 is 5.97 Å². The van der Waals surface area contributed by atoms with Crippen molar-refractivity contribution in [2.24, 2.45) is 5.10 Å². The van der Waals surface area contributed by atoms with Gasteiger partial charge in [-0.2, -0.15) is 10.2 Å². The minimum Gasteiger partial charge on any atom is -0.465 e. The Labute approximate surface area is 168 Å². The number of hydrogen-bond acceptors (Lipinski definition) is 5. The second-order valence-corrected chi connectivity index (χ2v) is 5.85. The van der Waals surface area contributed by atoms with Gasteiger partial charge < -0.3 is 4.74 Å². The number of rotatable bonds is 5. The van der Waals surface area contributed by atoms with Crippen LogP contribution in [0.5, 0.6) is 0 Å². The third-order valence-electron chi connectivity index (χ3n) is 3.88. The van der Waals surface area contributed by atoms with E-state index in [9.17, 15) is 9.59 Å². The molecule has 0 aliphatic carbocycles. The number of H-pyrrole nitrogens is 1. The molecule has 28 heavy (non-hydrogen) atoms. The van der Waals surface area contributed by atoms with Crippen LogP contribution in [0, 0.1) is 6.92 Å². The molecule has 7 nitrogen and oxygen atoms in total. The molecule has 3 rings (SSSR count). The zero-order valence-electron chi connectivity index (χ0n) is 15.3. The molecule has 0 saturated heterocycles. The summed E-state index contributed by atoms with van der Waals surface area (Å²) in [5.74, 6) is -0.807. The number of nitrogens with one attached hydrogen (secondary N) is 2. The van der Waals surface area contributed by atoms with E-state index in [1.54, 1.807) is 30.3 Å². The largest absolute Gasteiger partial charge is 0.465 e. The first-order valence-electron chi connectivity index (χ1n) is 8.21. The average molecular weight is 399 g/mol. The van der Waals surface area contributed by atoms with Crippen molar-refractivity contribution in [1.29, 1.82) is 0 Å². The topological polar surface area (TPSA) is 96.4 Å². The van der Waals surface area contributed by atoms with E-state index in [0.29, 0.717) is 17.0 Å². The first-order chi connectivity index (χ1) is 13.1. The highest BCUT2D eigenvalue weighted by atomic mass is 35.5. The van der Waals surface area contributed by atoms with E-state index in [1.807, 2.05) is 31.2 Å². The second-order valence-electron chi connectivity index (χ2n) is 5.85. The summed E-state index contributed by atoms with van der Waals surface area (Å²) < 4.78 is 4.64. The zero-order chi connectivity index (χ0) is 19.2. The van der Waals surface area contributed by atoms with Gasteiger partial charge in [-0.15, -0.1) is 12.4 Å². The number of carbonyl (C=O) groups is 2. The van der Waals surface area contributed by atoms with E-state index in [-0.39, 0.29) is 12.4 Å². The Morgan fingerprint density at radius 3 is 2.43 bits per heavy atom. The van der Waals surface area contributed by atoms with Crippen LogP contribution in [0.4, 0.5) is 0 Å². The average Bonchev–Trinajstić information content (AvgIpc) is 3.19. The summed E-state index contributed by atoms with van der Waals surface area (Å²) in [4.78, 5) is 23.5. The predicted molar refractivity (Wildman–Crippen MR) is 109 cm³/mol. The zero-order valence-corrected chi connectivity index (χ0v) is 16.1. The minimum absolute atomic E-state index is 0. The van der Waals surface area contributed by atoms with Crippen LogP contribution in [0.3, 0.4) is 0 Å². The van der Waals surface area contributed by atoms with Gasteiger partial charge in [0.25, 0.3) is 5.91 Å². The molecule has 3 aromatic rings. The molecule has 1 amide bonds. The molecule has 0 fully saturated rings. The maximum Gasteiger partial charge on any atom is 0.337 e. The van der Waals surface area contributed by atoms with Crippen LogP contribution in [-0.4, -0.2) is 35.4 Å². The third-order valence-corrected chi connectivity index (χ3v) is 3.88. The SMILES string of the molecule is COC(=O)c1ccc(/C=N/NC(=O)c2cc(-c3ccc(C)cc3)n[nH]2)cc1.Cl. The lowest BCUT2D eigenvalue weighted by atomic mass is 10.1. The summed E-state index contributed by atoms with van der Waals surface area (Å²) in [7, 11) is 1.33. The summed E-state index contributed by atoms with van der Waals surface area (Å²) in [6.07, 6.45) is 1.48. The molecular formula is C20H19ClN4O3. The summed E-state index contributed by atoms with van der Waals surface area (Å²) in [5, 5.41) is 10.8. The number of hydrogen-bond donors (Lipinski definition) is 2. The van der Waals surface area contributed by atoms with E-state index in [0.717, 1.165) is 16.7 Å². The number of ether oxygens (including phenoxy) is 1. The minimum atomic E-state index is -0.407. The van der Waals surface area contributed by atoms with E-state index < -0.39 is 11.9 Å². The maximum absolute atomic E-state index is 12.2. The molecule has 144 valence electrons. The van der Waals surface area contributed by atoms with Crippen LogP contribution in [0.25, 0.3) is 11.3 Å². The summed E-state index contributed by atoms with van der Waals surface area (Å²) in [6.45, 7) is 2.01. The molecule has 0 bridgehead atoms. The third kappa shape index (κ3) is 5.05. The van der Waals surface area contributed by atoms with Gasteiger partial charge in [0, 0.05) is 5.56 Å². The Balaban J connectivity index is 0.00000280. The molecule has 2 N–H and O–H groups in total. The quantitative estimate of drug-likeness (QED) is 0.391. The number of amides is 1. The van der Waals surface area contributed by atoms with E-state index in [4.69, 9.17) is 0 Å². The Morgan fingerprint density at radius 1 is 1.11 bits per heavy atom. The first kappa shape index (κ1) is 20.9. The van der Waals surface area contributed by atoms with Crippen LogP contribution >= 0.6 is 12.4 Å². The van der Waals surface area contributed by atoms with Crippen LogP contribution in [0.2, 0.25) is 0 Å². The fourth-order valence-corrected chi connectivity index (χ4v) is 2.36. The van der Waals surface area contributed by atoms with Crippen LogP contribution in [0.15, 0.2) is 59.7 Å². The van der Waals surface area contributed by atoms with Crippen LogP contribution in [-0.2, 0) is 4.74 Å². The summed E-state index contributed by atoms with van der Waals surface area (Å²) in [6, 6.07) is 16.2. The fourth-order valence-electron chi connectivity index (χ4n) is 2.36. The highest BCUT2D eigenvalue weighted by Crippen LogP contribution is 2.18. The number of aryl methyl sites for hydroxylation is 1. The molecule has 0 saturated carbocycles. The van der Waals surface area contributed by atoms with Gasteiger partial charge in [-0.25, -0.2) is 10.2 Å². The van der Waals surface area contributed by atoms with E-state index in [2.05, 4.69) is 25.5 Å². The number of nitrogens with zero attached hydrogens (tertiary/aromatic N) is 2. The van der Waals surface area contributed by atoms with Crippen LogP contribution < -0.4 is 5.43 Å². The highest BCUT2D eigenvalue weighted by molar-refractivity contribution is 5.94. The molecule has 1 aromatic heterocycles. The molecule has 0 aliphatic heterocycles. The molecule has 0 spiro atoms. The first-order valence-corrected chi connectivity index (χ1v) is 8.21. The van der Waals surface area contributed by atoms with Crippen molar-refractivity contribution in [2.75, 3.05) is 7.11 Å². The second kappa shape index (κ2) is 9.48. The van der Waals surface area contributed by atoms with Crippen molar-refractivity contribution in [3.8, 4) is 11.3 Å². The molecule has 2 aromatic carbocycles. The molecule has 0 radical (unpaired) electrons. The highest BCUT2D eigenvalue weighted by Gasteiger charge is 2.10. The Kier molecular flexibility index (Phi) is 7.06. The van der Waals surface area contributed by atoms with Gasteiger partial charge in [-0.1, -0.05) is 42.0 Å². The predicted octanol–water partition coefficient (Wildman–Crippen LogP) is 3.36. The number of aromatic amines is 1. The van der Waals surface area contributed by atoms with Crippen molar-refractivity contribution in [3.05, 3.63) is 77.0 Å². The molecule has 8 heteroatoms. The van der Waals surface area contributed by atoms with Gasteiger partial charge in [0.2, 0.25) is 0 Å². The summed E-state index contributed by atoms with van der Waals surface area (Å²) >= 11 is 0. The van der Waals surface area contributed by atoms with Gasteiger partial charge in [-0.05, 0) is 30.7 Å². The number of carbonyl (C=O) groups excluding carboxylic acids is 2. The molecular weight excluding hydrogens is 380 g/mol. The smallest absolute Gasteiger partial charge is 0.337 e. The van der Waals surface area contributed by atoms with Gasteiger partial charge in [-0.3, -0.25) is 9.89 Å². The van der Waals surface area contributed by atoms with Crippen molar-refractivity contribution in [2.45, 2.75) is 6.92 Å². The van der Waals surface area contributed by atoms with E-state index >= 15 is 0 Å². The standard InChI is InChI=1S/C20H18N4O3.ClH/c1-13-3-7-15(8-4-13)17-11-18(23-22-17)19(25)24-21-12-14-5-9-16(10-6-14)20(26)27-2;/h3-12H,1-2H3,(H,22,23)(H,24,25);1H/b21-12+;. The Morgan fingerprint density at radius 2 is 1.79 bits per heavy atom. The van der Waals surface area contributed by atoms with Crippen LogP contribution in [0.1, 0.15) is 32.0 Å². The van der Waals surface area contributed by atoms with E-state index in [1.165, 1.54) is 13.3 Å². The lowest BCUT2D eigenvalue weighted by Crippen LogP contribution is -2.18. The summed E-state index contributed by atoms with van der Waals surface area (Å²) in [5.41, 5.74) is 6.68. The van der Waals surface area contributed by atoms with Crippen molar-refractivity contribution < 1.29 is 14.3 Å². The number of methoxy groups -OCH3 is 1. The van der Waals surface area contributed by atoms with Crippen molar-refractivity contribution >= 4 is 30.5 Å². The maximum atomic E-state index is 12.2. The Hall–Kier alpha value is -3.45. The lowest BCUT2D eigenvalue weighted by molar-refractivity contribution is 0.0600. The number of aromatic nitrogens is 2.